The molecule has 1 N–H and O–H groups in total. The van der Waals surface area contributed by atoms with Crippen LogP contribution in [0, 0.1) is 5.92 Å². The summed E-state index contributed by atoms with van der Waals surface area (Å²) in [6.07, 6.45) is 2.42. The van der Waals surface area contributed by atoms with Gasteiger partial charge >= 0.3 is 5.97 Å². The fourth-order valence-corrected chi connectivity index (χ4v) is 2.37. The molecule has 2 heterocycles. The normalized spacial score (nSPS) is 25.5. The van der Waals surface area contributed by atoms with Crippen molar-refractivity contribution >= 4 is 5.97 Å². The summed E-state index contributed by atoms with van der Waals surface area (Å²) in [4.78, 5) is 13.2. The Hall–Kier alpha value is -1.33. The zero-order valence-electron chi connectivity index (χ0n) is 10.7. The zero-order chi connectivity index (χ0) is 13.1. The number of aliphatic carboxylic acids is 1. The number of hydrogen-bond acceptors (Lipinski definition) is 4. The van der Waals surface area contributed by atoms with E-state index in [1.807, 2.05) is 19.2 Å². The number of carbonyl (C=O) groups is 1. The van der Waals surface area contributed by atoms with Gasteiger partial charge in [0.25, 0.3) is 0 Å². The van der Waals surface area contributed by atoms with Crippen LogP contribution < -0.4 is 0 Å². The van der Waals surface area contributed by atoms with Gasteiger partial charge in [-0.25, -0.2) is 0 Å². The van der Waals surface area contributed by atoms with Gasteiger partial charge in [-0.05, 0) is 26.1 Å². The van der Waals surface area contributed by atoms with Crippen molar-refractivity contribution in [2.45, 2.75) is 25.4 Å². The molecule has 1 fully saturated rings. The number of rotatable bonds is 5. The lowest BCUT2D eigenvalue weighted by Gasteiger charge is -2.31. The molecular weight excluding hydrogens is 234 g/mol. The second-order valence-corrected chi connectivity index (χ2v) is 4.85. The molecule has 0 aliphatic carbocycles. The molecule has 0 spiro atoms. The van der Waals surface area contributed by atoms with E-state index in [1.54, 1.807) is 6.26 Å². The lowest BCUT2D eigenvalue weighted by molar-refractivity contribution is -0.143. The van der Waals surface area contributed by atoms with Crippen LogP contribution in [0.25, 0.3) is 0 Å². The minimum absolute atomic E-state index is 0.0625. The van der Waals surface area contributed by atoms with Gasteiger partial charge in [-0.1, -0.05) is 0 Å². The van der Waals surface area contributed by atoms with Crippen LogP contribution in [0.2, 0.25) is 0 Å². The first kappa shape index (κ1) is 13.1. The van der Waals surface area contributed by atoms with E-state index in [0.29, 0.717) is 13.2 Å². The zero-order valence-corrected chi connectivity index (χ0v) is 10.7. The van der Waals surface area contributed by atoms with Crippen LogP contribution in [0.3, 0.4) is 0 Å². The molecule has 5 heteroatoms. The number of carboxylic acids is 1. The van der Waals surface area contributed by atoms with Crippen LogP contribution in [0.4, 0.5) is 0 Å². The fourth-order valence-electron chi connectivity index (χ4n) is 2.37. The Morgan fingerprint density at radius 3 is 3.00 bits per heavy atom. The molecule has 2 rings (SSSR count). The Balaban J connectivity index is 1.97. The number of likely N-dealkylation sites (N-methyl/N-ethyl adjacent to an activating group) is 1. The second kappa shape index (κ2) is 5.54. The predicted octanol–water partition coefficient (Wildman–Crippen LogP) is 1.24. The van der Waals surface area contributed by atoms with Crippen LogP contribution >= 0.6 is 0 Å². The topological polar surface area (TPSA) is 62.9 Å². The molecular formula is C13H19NO4. The van der Waals surface area contributed by atoms with Gasteiger partial charge in [0, 0.05) is 18.5 Å². The number of hydrogen-bond donors (Lipinski definition) is 1. The van der Waals surface area contributed by atoms with Gasteiger partial charge in [0.1, 0.15) is 5.76 Å². The molecule has 18 heavy (non-hydrogen) atoms. The Morgan fingerprint density at radius 2 is 2.39 bits per heavy atom. The summed E-state index contributed by atoms with van der Waals surface area (Å²) < 4.78 is 10.6. The van der Waals surface area contributed by atoms with Crippen LogP contribution in [0.1, 0.15) is 12.7 Å². The van der Waals surface area contributed by atoms with Crippen molar-refractivity contribution in [1.82, 2.24) is 4.90 Å². The third kappa shape index (κ3) is 2.73. The third-order valence-corrected chi connectivity index (χ3v) is 3.66. The van der Waals surface area contributed by atoms with Crippen LogP contribution in [0.5, 0.6) is 0 Å². The average molecular weight is 253 g/mol. The van der Waals surface area contributed by atoms with Gasteiger partial charge in [0.05, 0.1) is 25.4 Å². The maximum absolute atomic E-state index is 11.1. The molecule has 0 saturated carbocycles. The first-order valence-corrected chi connectivity index (χ1v) is 6.14. The molecule has 100 valence electrons. The maximum atomic E-state index is 11.1. The van der Waals surface area contributed by atoms with Gasteiger partial charge in [0.2, 0.25) is 0 Å². The van der Waals surface area contributed by atoms with Crippen molar-refractivity contribution < 1.29 is 19.1 Å². The van der Waals surface area contributed by atoms with Crippen molar-refractivity contribution in [1.29, 1.82) is 0 Å². The van der Waals surface area contributed by atoms with Crippen molar-refractivity contribution in [2.75, 3.05) is 20.3 Å². The molecule has 0 radical (unpaired) electrons. The van der Waals surface area contributed by atoms with Crippen LogP contribution in [-0.4, -0.2) is 48.3 Å². The minimum atomic E-state index is -0.783. The van der Waals surface area contributed by atoms with E-state index in [1.165, 1.54) is 0 Å². The number of ether oxygens (including phenoxy) is 1. The van der Waals surface area contributed by atoms with Gasteiger partial charge in [-0.3, -0.25) is 9.69 Å². The predicted molar refractivity (Wildman–Crippen MR) is 65.4 cm³/mol. The van der Waals surface area contributed by atoms with Crippen molar-refractivity contribution in [2.24, 2.45) is 5.92 Å². The molecule has 1 aromatic rings. The molecule has 3 atom stereocenters. The van der Waals surface area contributed by atoms with Crippen molar-refractivity contribution in [3.8, 4) is 0 Å². The minimum Gasteiger partial charge on any atom is -0.481 e. The quantitative estimate of drug-likeness (QED) is 0.855. The maximum Gasteiger partial charge on any atom is 0.310 e. The fraction of sp³-hybridized carbons (Fsp3) is 0.615. The summed E-state index contributed by atoms with van der Waals surface area (Å²) in [5.74, 6) is -0.302. The Morgan fingerprint density at radius 1 is 1.61 bits per heavy atom. The van der Waals surface area contributed by atoms with E-state index in [9.17, 15) is 4.79 Å². The van der Waals surface area contributed by atoms with Crippen molar-refractivity contribution in [3.63, 3.8) is 0 Å². The van der Waals surface area contributed by atoms with E-state index < -0.39 is 11.9 Å². The highest BCUT2D eigenvalue weighted by Crippen LogP contribution is 2.22. The van der Waals surface area contributed by atoms with Crippen molar-refractivity contribution in [3.05, 3.63) is 24.2 Å². The smallest absolute Gasteiger partial charge is 0.310 e. The molecule has 1 aromatic heterocycles. The van der Waals surface area contributed by atoms with Gasteiger partial charge < -0.3 is 14.3 Å². The van der Waals surface area contributed by atoms with E-state index in [-0.39, 0.29) is 12.1 Å². The molecule has 3 unspecified atom stereocenters. The van der Waals surface area contributed by atoms with Crippen LogP contribution in [0.15, 0.2) is 22.8 Å². The lowest BCUT2D eigenvalue weighted by Crippen LogP contribution is -2.45. The molecule has 1 aliphatic rings. The lowest BCUT2D eigenvalue weighted by atomic mass is 10.0. The first-order chi connectivity index (χ1) is 8.59. The molecule has 1 saturated heterocycles. The first-order valence-electron chi connectivity index (χ1n) is 6.14. The molecule has 1 aliphatic heterocycles. The number of carboxylic acid groups (broad SMARTS) is 1. The van der Waals surface area contributed by atoms with Crippen LogP contribution in [-0.2, 0) is 16.0 Å². The molecule has 0 bridgehead atoms. The SMILES string of the molecule is CC(Cc1ccco1)N(C)C1COCC1C(=O)O. The number of nitrogens with zero attached hydrogens (tertiary/aromatic N) is 1. The molecule has 0 amide bonds. The Labute approximate surface area is 106 Å². The summed E-state index contributed by atoms with van der Waals surface area (Å²) >= 11 is 0. The summed E-state index contributed by atoms with van der Waals surface area (Å²) in [5, 5.41) is 9.15. The monoisotopic (exact) mass is 253 g/mol. The standard InChI is InChI=1S/C13H19NO4/c1-9(6-10-4-3-5-18-10)14(2)12-8-17-7-11(12)13(15)16/h3-5,9,11-12H,6-8H2,1-2H3,(H,15,16). The van der Waals surface area contributed by atoms with Gasteiger partial charge in [0.15, 0.2) is 0 Å². The summed E-state index contributed by atoms with van der Waals surface area (Å²) in [6, 6.07) is 3.95. The van der Waals surface area contributed by atoms with E-state index >= 15 is 0 Å². The summed E-state index contributed by atoms with van der Waals surface area (Å²) in [7, 11) is 1.95. The highest BCUT2D eigenvalue weighted by atomic mass is 16.5. The number of furan rings is 1. The Bertz CT molecular complexity index is 390. The second-order valence-electron chi connectivity index (χ2n) is 4.85. The largest absolute Gasteiger partial charge is 0.481 e. The summed E-state index contributed by atoms with van der Waals surface area (Å²) in [5.41, 5.74) is 0. The third-order valence-electron chi connectivity index (χ3n) is 3.66. The molecule has 0 aromatic carbocycles. The molecule has 5 nitrogen and oxygen atoms in total. The summed E-state index contributed by atoms with van der Waals surface area (Å²) in [6.45, 7) is 2.85. The average Bonchev–Trinajstić information content (AvgIpc) is 2.97. The van der Waals surface area contributed by atoms with E-state index in [2.05, 4.69) is 11.8 Å². The Kier molecular flexibility index (Phi) is 4.04. The highest BCUT2D eigenvalue weighted by molar-refractivity contribution is 5.71. The van der Waals surface area contributed by atoms with E-state index in [4.69, 9.17) is 14.3 Å². The highest BCUT2D eigenvalue weighted by Gasteiger charge is 2.38. The van der Waals surface area contributed by atoms with Gasteiger partial charge in [-0.2, -0.15) is 0 Å². The van der Waals surface area contributed by atoms with E-state index in [0.717, 1.165) is 12.2 Å². The van der Waals surface area contributed by atoms with Gasteiger partial charge in [-0.15, -0.1) is 0 Å².